The minimum atomic E-state index is -0.839. The molecule has 1 aromatic heterocycles. The van der Waals surface area contributed by atoms with E-state index in [2.05, 4.69) is 15.6 Å². The zero-order valence-corrected chi connectivity index (χ0v) is 7.73. The average Bonchev–Trinajstić information content (AvgIpc) is 2.27. The lowest BCUT2D eigenvalue weighted by atomic mass is 10.4. The minimum Gasteiger partial charge on any atom is -0.335 e. The lowest BCUT2D eigenvalue weighted by molar-refractivity contribution is -0.136. The highest BCUT2D eigenvalue weighted by Gasteiger charge is 2.12. The Morgan fingerprint density at radius 1 is 1.33 bits per heavy atom. The second-order valence-corrected chi connectivity index (χ2v) is 2.53. The Bertz CT molecular complexity index is 396. The number of hydrogen-bond acceptors (Lipinski definition) is 4. The summed E-state index contributed by atoms with van der Waals surface area (Å²) in [5.41, 5.74) is 0.474. The highest BCUT2D eigenvalue weighted by Crippen LogP contribution is 2.02. The molecule has 15 heavy (non-hydrogen) atoms. The van der Waals surface area contributed by atoms with Gasteiger partial charge in [-0.05, 0) is 12.1 Å². The fraction of sp³-hybridized carbons (Fsp3) is 0.111. The van der Waals surface area contributed by atoms with Crippen LogP contribution in [0, 0.1) is 11.3 Å². The number of hydrogen-bond donors (Lipinski definition) is 2. The number of anilines is 1. The molecule has 0 spiro atoms. The normalized spacial score (nSPS) is 8.73. The molecule has 0 bridgehead atoms. The van der Waals surface area contributed by atoms with Crippen molar-refractivity contribution in [2.24, 2.45) is 0 Å². The Kier molecular flexibility index (Phi) is 3.79. The van der Waals surface area contributed by atoms with E-state index in [1.54, 1.807) is 18.2 Å². The summed E-state index contributed by atoms with van der Waals surface area (Å²) in [5, 5.41) is 12.7. The maximum Gasteiger partial charge on any atom is 0.313 e. The maximum atomic E-state index is 11.2. The number of nitrogens with one attached hydrogen (secondary N) is 2. The standard InChI is InChI=1S/C9H8N4O2/c10-3-6-12-8(14)9(15)13-7-1-4-11-5-2-7/h1-2,4-5H,6H2,(H,12,14)(H,11,13,15). The number of nitriles is 1. The van der Waals surface area contributed by atoms with Gasteiger partial charge >= 0.3 is 11.8 Å². The molecule has 1 aromatic rings. The van der Waals surface area contributed by atoms with Crippen LogP contribution in [0.4, 0.5) is 5.69 Å². The van der Waals surface area contributed by atoms with Gasteiger partial charge in [-0.2, -0.15) is 5.26 Å². The topological polar surface area (TPSA) is 94.9 Å². The molecule has 0 atom stereocenters. The molecule has 0 aliphatic heterocycles. The summed E-state index contributed by atoms with van der Waals surface area (Å²) in [6.07, 6.45) is 2.98. The fourth-order valence-corrected chi connectivity index (χ4v) is 0.823. The molecule has 0 aliphatic rings. The first-order valence-electron chi connectivity index (χ1n) is 4.10. The van der Waals surface area contributed by atoms with E-state index in [0.717, 1.165) is 0 Å². The fourth-order valence-electron chi connectivity index (χ4n) is 0.823. The summed E-state index contributed by atoms with van der Waals surface area (Å²) >= 11 is 0. The van der Waals surface area contributed by atoms with E-state index in [1.807, 2.05) is 0 Å². The Hall–Kier alpha value is -2.42. The molecule has 0 fully saturated rings. The lowest BCUT2D eigenvalue weighted by Crippen LogP contribution is -2.35. The quantitative estimate of drug-likeness (QED) is 0.509. The van der Waals surface area contributed by atoms with Crippen LogP contribution < -0.4 is 10.6 Å². The first-order chi connectivity index (χ1) is 7.24. The van der Waals surface area contributed by atoms with E-state index in [0.29, 0.717) is 5.69 Å². The zero-order chi connectivity index (χ0) is 11.1. The predicted octanol–water partition coefficient (Wildman–Crippen LogP) is -0.340. The van der Waals surface area contributed by atoms with Crippen LogP contribution >= 0.6 is 0 Å². The van der Waals surface area contributed by atoms with Gasteiger partial charge in [-0.25, -0.2) is 0 Å². The van der Waals surface area contributed by atoms with Crippen molar-refractivity contribution in [1.82, 2.24) is 10.3 Å². The van der Waals surface area contributed by atoms with Crippen molar-refractivity contribution in [2.75, 3.05) is 11.9 Å². The van der Waals surface area contributed by atoms with Gasteiger partial charge in [-0.15, -0.1) is 0 Å². The summed E-state index contributed by atoms with van der Waals surface area (Å²) < 4.78 is 0. The van der Waals surface area contributed by atoms with Crippen LogP contribution in [-0.4, -0.2) is 23.3 Å². The molecule has 1 rings (SSSR count). The smallest absolute Gasteiger partial charge is 0.313 e. The third kappa shape index (κ3) is 3.44. The first kappa shape index (κ1) is 10.7. The summed E-state index contributed by atoms with van der Waals surface area (Å²) in [5.74, 6) is -1.65. The summed E-state index contributed by atoms with van der Waals surface area (Å²) in [4.78, 5) is 25.9. The third-order valence-electron chi connectivity index (χ3n) is 1.47. The maximum absolute atomic E-state index is 11.2. The molecule has 2 N–H and O–H groups in total. The number of nitrogens with zero attached hydrogens (tertiary/aromatic N) is 2. The molecular formula is C9H8N4O2. The number of carbonyl (C=O) groups is 2. The van der Waals surface area contributed by atoms with Crippen molar-refractivity contribution in [1.29, 1.82) is 5.26 Å². The molecule has 0 aromatic carbocycles. The highest BCUT2D eigenvalue weighted by molar-refractivity contribution is 6.39. The Morgan fingerprint density at radius 2 is 2.00 bits per heavy atom. The van der Waals surface area contributed by atoms with E-state index in [-0.39, 0.29) is 6.54 Å². The largest absolute Gasteiger partial charge is 0.335 e. The number of carbonyl (C=O) groups excluding carboxylic acids is 2. The van der Waals surface area contributed by atoms with Gasteiger partial charge in [-0.1, -0.05) is 0 Å². The minimum absolute atomic E-state index is 0.192. The van der Waals surface area contributed by atoms with Gasteiger partial charge in [-0.3, -0.25) is 14.6 Å². The number of pyridine rings is 1. The van der Waals surface area contributed by atoms with Crippen LogP contribution in [0.25, 0.3) is 0 Å². The van der Waals surface area contributed by atoms with Gasteiger partial charge in [0.05, 0.1) is 6.07 Å². The summed E-state index contributed by atoms with van der Waals surface area (Å²) in [6, 6.07) is 4.80. The number of aromatic nitrogens is 1. The zero-order valence-electron chi connectivity index (χ0n) is 7.73. The Labute approximate surface area is 85.9 Å². The van der Waals surface area contributed by atoms with E-state index < -0.39 is 11.8 Å². The van der Waals surface area contributed by atoms with Crippen molar-refractivity contribution < 1.29 is 9.59 Å². The molecule has 0 saturated heterocycles. The van der Waals surface area contributed by atoms with Crippen molar-refractivity contribution in [3.63, 3.8) is 0 Å². The van der Waals surface area contributed by atoms with Crippen LogP contribution in [0.1, 0.15) is 0 Å². The molecule has 2 amide bonds. The Balaban J connectivity index is 2.50. The molecule has 0 unspecified atom stereocenters. The monoisotopic (exact) mass is 204 g/mol. The van der Waals surface area contributed by atoms with Gasteiger partial charge in [0.15, 0.2) is 0 Å². The average molecular weight is 204 g/mol. The van der Waals surface area contributed by atoms with E-state index in [9.17, 15) is 9.59 Å². The van der Waals surface area contributed by atoms with Crippen LogP contribution in [0.3, 0.4) is 0 Å². The summed E-state index contributed by atoms with van der Waals surface area (Å²) in [7, 11) is 0. The molecular weight excluding hydrogens is 196 g/mol. The molecule has 0 saturated carbocycles. The third-order valence-corrected chi connectivity index (χ3v) is 1.47. The van der Waals surface area contributed by atoms with Gasteiger partial charge in [0.25, 0.3) is 0 Å². The van der Waals surface area contributed by atoms with Crippen molar-refractivity contribution >= 4 is 17.5 Å². The molecule has 1 heterocycles. The van der Waals surface area contributed by atoms with Gasteiger partial charge < -0.3 is 10.6 Å². The second-order valence-electron chi connectivity index (χ2n) is 2.53. The highest BCUT2D eigenvalue weighted by atomic mass is 16.2. The lowest BCUT2D eigenvalue weighted by Gasteiger charge is -2.03. The Morgan fingerprint density at radius 3 is 2.60 bits per heavy atom. The van der Waals surface area contributed by atoms with Crippen LogP contribution in [0.15, 0.2) is 24.5 Å². The van der Waals surface area contributed by atoms with Crippen LogP contribution in [0.2, 0.25) is 0 Å². The molecule has 76 valence electrons. The van der Waals surface area contributed by atoms with Crippen molar-refractivity contribution in [3.8, 4) is 6.07 Å². The van der Waals surface area contributed by atoms with E-state index in [4.69, 9.17) is 5.26 Å². The number of amides is 2. The predicted molar refractivity (Wildman–Crippen MR) is 51.5 cm³/mol. The second kappa shape index (κ2) is 5.34. The van der Waals surface area contributed by atoms with Gasteiger partial charge in [0.2, 0.25) is 0 Å². The first-order valence-corrected chi connectivity index (χ1v) is 4.10. The summed E-state index contributed by atoms with van der Waals surface area (Å²) in [6.45, 7) is -0.192. The SMILES string of the molecule is N#CCNC(=O)C(=O)Nc1ccncc1. The molecule has 6 nitrogen and oxygen atoms in total. The van der Waals surface area contributed by atoms with E-state index in [1.165, 1.54) is 12.4 Å². The van der Waals surface area contributed by atoms with Crippen molar-refractivity contribution in [3.05, 3.63) is 24.5 Å². The van der Waals surface area contributed by atoms with Crippen LogP contribution in [-0.2, 0) is 9.59 Å². The molecule has 6 heteroatoms. The van der Waals surface area contributed by atoms with Gasteiger partial charge in [0, 0.05) is 18.1 Å². The molecule has 0 aliphatic carbocycles. The molecule has 0 radical (unpaired) electrons. The van der Waals surface area contributed by atoms with Crippen LogP contribution in [0.5, 0.6) is 0 Å². The van der Waals surface area contributed by atoms with Gasteiger partial charge in [0.1, 0.15) is 6.54 Å². The number of rotatable bonds is 2. The van der Waals surface area contributed by atoms with E-state index >= 15 is 0 Å². The van der Waals surface area contributed by atoms with Crippen molar-refractivity contribution in [2.45, 2.75) is 0 Å².